The van der Waals surface area contributed by atoms with Crippen LogP contribution in [0.2, 0.25) is 0 Å². The van der Waals surface area contributed by atoms with Gasteiger partial charge < -0.3 is 15.2 Å². The van der Waals surface area contributed by atoms with Crippen molar-refractivity contribution in [3.8, 4) is 5.75 Å². The molecule has 1 heterocycles. The molecule has 1 aliphatic heterocycles. The van der Waals surface area contributed by atoms with Gasteiger partial charge in [0, 0.05) is 18.2 Å². The van der Waals surface area contributed by atoms with E-state index in [1.165, 1.54) is 11.8 Å². The molecular formula is C20H28N2O3S. The molecule has 0 atom stereocenters. The fraction of sp³-hybridized carbons (Fsp3) is 0.500. The molecule has 1 aromatic carbocycles. The minimum Gasteiger partial charge on any atom is -0.507 e. The van der Waals surface area contributed by atoms with Crippen molar-refractivity contribution in [2.24, 2.45) is 4.99 Å². The third-order valence-electron chi connectivity index (χ3n) is 4.03. The van der Waals surface area contributed by atoms with Crippen LogP contribution in [0, 0.1) is 0 Å². The Labute approximate surface area is 159 Å². The van der Waals surface area contributed by atoms with Gasteiger partial charge in [-0.15, -0.1) is 0 Å². The Morgan fingerprint density at radius 3 is 2.15 bits per heavy atom. The van der Waals surface area contributed by atoms with E-state index >= 15 is 0 Å². The van der Waals surface area contributed by atoms with Gasteiger partial charge in [-0.2, -0.15) is 0 Å². The minimum atomic E-state index is -0.214. The zero-order valence-corrected chi connectivity index (χ0v) is 17.4. The van der Waals surface area contributed by atoms with Crippen molar-refractivity contribution in [1.82, 2.24) is 5.32 Å². The minimum absolute atomic E-state index is 0.174. The fourth-order valence-corrected chi connectivity index (χ4v) is 3.47. The van der Waals surface area contributed by atoms with Gasteiger partial charge in [0.25, 0.3) is 5.91 Å². The fourth-order valence-electron chi connectivity index (χ4n) is 2.66. The molecule has 0 aliphatic carbocycles. The summed E-state index contributed by atoms with van der Waals surface area (Å²) in [5, 5.41) is 14.1. The molecule has 2 rings (SSSR count). The highest BCUT2D eigenvalue weighted by Crippen LogP contribution is 2.40. The SMILES string of the molecule is COCN=C1NC(=O)C(=Cc2cc(C(C)(C)C)c(O)c(C(C)(C)C)c2)S1. The normalized spacial score (nSPS) is 18.7. The molecule has 0 spiro atoms. The van der Waals surface area contributed by atoms with Crippen molar-refractivity contribution in [2.45, 2.75) is 52.4 Å². The number of phenolic OH excluding ortho intramolecular Hbond substituents is 1. The summed E-state index contributed by atoms with van der Waals surface area (Å²) in [6.07, 6.45) is 1.85. The second-order valence-electron chi connectivity index (χ2n) is 8.41. The highest BCUT2D eigenvalue weighted by Gasteiger charge is 2.28. The highest BCUT2D eigenvalue weighted by molar-refractivity contribution is 8.18. The van der Waals surface area contributed by atoms with Gasteiger partial charge in [0.2, 0.25) is 0 Å². The molecule has 0 aromatic heterocycles. The number of methoxy groups -OCH3 is 1. The molecule has 2 N–H and O–H groups in total. The molecule has 0 saturated carbocycles. The number of aromatic hydroxyl groups is 1. The number of rotatable bonds is 3. The van der Waals surface area contributed by atoms with E-state index in [9.17, 15) is 9.90 Å². The van der Waals surface area contributed by atoms with Crippen molar-refractivity contribution in [3.63, 3.8) is 0 Å². The number of ether oxygens (including phenoxy) is 1. The summed E-state index contributed by atoms with van der Waals surface area (Å²) in [7, 11) is 1.56. The van der Waals surface area contributed by atoms with E-state index in [0.29, 0.717) is 15.8 Å². The summed E-state index contributed by atoms with van der Waals surface area (Å²) in [6, 6.07) is 3.91. The lowest BCUT2D eigenvalue weighted by atomic mass is 9.78. The summed E-state index contributed by atoms with van der Waals surface area (Å²) < 4.78 is 4.91. The molecule has 26 heavy (non-hydrogen) atoms. The Morgan fingerprint density at radius 1 is 1.15 bits per heavy atom. The highest BCUT2D eigenvalue weighted by atomic mass is 32.2. The smallest absolute Gasteiger partial charge is 0.264 e. The average molecular weight is 377 g/mol. The van der Waals surface area contributed by atoms with Crippen LogP contribution in [0.5, 0.6) is 5.75 Å². The first-order valence-electron chi connectivity index (χ1n) is 8.55. The molecule has 142 valence electrons. The third kappa shape index (κ3) is 4.68. The Kier molecular flexibility index (Phi) is 5.88. The van der Waals surface area contributed by atoms with Crippen LogP contribution in [-0.4, -0.2) is 30.0 Å². The first-order valence-corrected chi connectivity index (χ1v) is 9.37. The number of hydrogen-bond acceptors (Lipinski definition) is 5. The van der Waals surface area contributed by atoms with Gasteiger partial charge >= 0.3 is 0 Å². The van der Waals surface area contributed by atoms with Crippen LogP contribution in [0.25, 0.3) is 6.08 Å². The number of amides is 1. The van der Waals surface area contributed by atoms with Crippen molar-refractivity contribution in [1.29, 1.82) is 0 Å². The topological polar surface area (TPSA) is 70.9 Å². The number of aliphatic imine (C=N–C) groups is 1. The second-order valence-corrected chi connectivity index (χ2v) is 9.44. The Bertz CT molecular complexity index is 733. The van der Waals surface area contributed by atoms with E-state index in [1.54, 1.807) is 7.11 Å². The van der Waals surface area contributed by atoms with Crippen molar-refractivity contribution >= 4 is 28.9 Å². The van der Waals surface area contributed by atoms with Gasteiger partial charge in [0.05, 0.1) is 4.91 Å². The van der Waals surface area contributed by atoms with Gasteiger partial charge in [0.15, 0.2) is 5.17 Å². The van der Waals surface area contributed by atoms with Gasteiger partial charge in [-0.05, 0) is 46.4 Å². The standard InChI is InChI=1S/C20H28N2O3S/c1-19(2,3)13-8-12(9-14(16(13)23)20(4,5)6)10-15-17(24)22-18(26-15)21-11-25-7/h8-10,23H,11H2,1-7H3,(H,21,22,24). The summed E-state index contributed by atoms with van der Waals surface area (Å²) in [4.78, 5) is 16.9. The van der Waals surface area contributed by atoms with E-state index in [-0.39, 0.29) is 23.5 Å². The zero-order valence-electron chi connectivity index (χ0n) is 16.6. The lowest BCUT2D eigenvalue weighted by Gasteiger charge is -2.28. The lowest BCUT2D eigenvalue weighted by molar-refractivity contribution is -0.115. The molecular weight excluding hydrogens is 348 g/mol. The maximum absolute atomic E-state index is 12.2. The Morgan fingerprint density at radius 2 is 1.69 bits per heavy atom. The predicted molar refractivity (Wildman–Crippen MR) is 109 cm³/mol. The molecule has 1 aliphatic rings. The van der Waals surface area contributed by atoms with Crippen LogP contribution in [0.15, 0.2) is 22.0 Å². The number of hydrogen-bond donors (Lipinski definition) is 2. The number of nitrogens with zero attached hydrogens (tertiary/aromatic N) is 1. The molecule has 0 radical (unpaired) electrons. The van der Waals surface area contributed by atoms with Crippen LogP contribution in [-0.2, 0) is 20.4 Å². The number of thioether (sulfide) groups is 1. The Hall–Kier alpha value is -1.79. The van der Waals surface area contributed by atoms with Gasteiger partial charge in [-0.25, -0.2) is 4.99 Å². The number of carbonyl (C=O) groups excluding carboxylic acids is 1. The van der Waals surface area contributed by atoms with Crippen LogP contribution >= 0.6 is 11.8 Å². The van der Waals surface area contributed by atoms with Crippen LogP contribution in [0.1, 0.15) is 58.2 Å². The maximum atomic E-state index is 12.2. The number of carbonyl (C=O) groups is 1. The molecule has 1 fully saturated rings. The zero-order chi connectivity index (χ0) is 19.7. The van der Waals surface area contributed by atoms with Crippen LogP contribution < -0.4 is 5.32 Å². The maximum Gasteiger partial charge on any atom is 0.264 e. The number of nitrogens with one attached hydrogen (secondary N) is 1. The van der Waals surface area contributed by atoms with Crippen molar-refractivity contribution in [2.75, 3.05) is 13.8 Å². The monoisotopic (exact) mass is 376 g/mol. The van der Waals surface area contributed by atoms with E-state index in [0.717, 1.165) is 16.7 Å². The molecule has 0 unspecified atom stereocenters. The summed E-state index contributed by atoms with van der Waals surface area (Å²) in [5.74, 6) is 0.158. The molecule has 6 heteroatoms. The van der Waals surface area contributed by atoms with E-state index in [1.807, 2.05) is 18.2 Å². The Balaban J connectivity index is 2.52. The molecule has 5 nitrogen and oxygen atoms in total. The summed E-state index contributed by atoms with van der Waals surface area (Å²) in [6.45, 7) is 12.6. The van der Waals surface area contributed by atoms with Crippen molar-refractivity contribution in [3.05, 3.63) is 33.7 Å². The first-order chi connectivity index (χ1) is 11.9. The van der Waals surface area contributed by atoms with E-state index in [2.05, 4.69) is 51.9 Å². The molecule has 1 saturated heterocycles. The number of benzene rings is 1. The van der Waals surface area contributed by atoms with Gasteiger partial charge in [-0.1, -0.05) is 41.5 Å². The molecule has 1 aromatic rings. The number of amidine groups is 1. The van der Waals surface area contributed by atoms with Crippen LogP contribution in [0.3, 0.4) is 0 Å². The summed E-state index contributed by atoms with van der Waals surface area (Å²) >= 11 is 1.29. The second kappa shape index (κ2) is 7.45. The average Bonchev–Trinajstić information content (AvgIpc) is 2.84. The quantitative estimate of drug-likeness (QED) is 0.778. The van der Waals surface area contributed by atoms with E-state index < -0.39 is 0 Å². The molecule has 0 bridgehead atoms. The molecule has 1 amide bonds. The number of phenols is 1. The van der Waals surface area contributed by atoms with Crippen molar-refractivity contribution < 1.29 is 14.6 Å². The predicted octanol–water partition coefficient (Wildman–Crippen LogP) is 4.15. The summed E-state index contributed by atoms with van der Waals surface area (Å²) in [5.41, 5.74) is 2.20. The van der Waals surface area contributed by atoms with Crippen LogP contribution in [0.4, 0.5) is 0 Å². The third-order valence-corrected chi connectivity index (χ3v) is 4.98. The largest absolute Gasteiger partial charge is 0.507 e. The van der Waals surface area contributed by atoms with E-state index in [4.69, 9.17) is 4.74 Å². The van der Waals surface area contributed by atoms with Gasteiger partial charge in [-0.3, -0.25) is 4.79 Å². The lowest BCUT2D eigenvalue weighted by Crippen LogP contribution is -2.20. The van der Waals surface area contributed by atoms with Gasteiger partial charge in [0.1, 0.15) is 12.5 Å². The first kappa shape index (κ1) is 20.5.